The molecule has 0 aliphatic heterocycles. The molecule has 0 aliphatic rings. The summed E-state index contributed by atoms with van der Waals surface area (Å²) in [4.78, 5) is 10.9. The SMILES string of the molecule is CC(C)C(Oc1ccc(C=NO)cc1)C(=O)O. The van der Waals surface area contributed by atoms with E-state index in [0.29, 0.717) is 11.3 Å². The van der Waals surface area contributed by atoms with E-state index < -0.39 is 12.1 Å². The van der Waals surface area contributed by atoms with Crippen LogP contribution in [-0.2, 0) is 4.79 Å². The molecule has 1 aromatic rings. The molecule has 0 bridgehead atoms. The molecular formula is C12H15NO4. The number of aliphatic carboxylic acids is 1. The zero-order valence-corrected chi connectivity index (χ0v) is 9.70. The van der Waals surface area contributed by atoms with Crippen LogP contribution in [0.3, 0.4) is 0 Å². The summed E-state index contributed by atoms with van der Waals surface area (Å²) in [6.07, 6.45) is 0.410. The van der Waals surface area contributed by atoms with E-state index in [-0.39, 0.29) is 5.92 Å². The van der Waals surface area contributed by atoms with Crippen LogP contribution >= 0.6 is 0 Å². The lowest BCUT2D eigenvalue weighted by Crippen LogP contribution is -2.32. The van der Waals surface area contributed by atoms with Crippen molar-refractivity contribution < 1.29 is 19.8 Å². The van der Waals surface area contributed by atoms with Gasteiger partial charge in [-0.2, -0.15) is 0 Å². The third kappa shape index (κ3) is 3.79. The highest BCUT2D eigenvalue weighted by molar-refractivity contribution is 5.79. The molecule has 5 heteroatoms. The zero-order valence-electron chi connectivity index (χ0n) is 9.70. The Bertz CT molecular complexity index is 397. The van der Waals surface area contributed by atoms with Gasteiger partial charge < -0.3 is 15.1 Å². The summed E-state index contributed by atoms with van der Waals surface area (Å²) in [6.45, 7) is 3.57. The van der Waals surface area contributed by atoms with Crippen molar-refractivity contribution >= 4 is 12.2 Å². The lowest BCUT2D eigenvalue weighted by molar-refractivity contribution is -0.147. The highest BCUT2D eigenvalue weighted by atomic mass is 16.5. The number of benzene rings is 1. The molecule has 0 aromatic heterocycles. The summed E-state index contributed by atoms with van der Waals surface area (Å²) in [5.41, 5.74) is 0.705. The van der Waals surface area contributed by atoms with Crippen LogP contribution in [0.25, 0.3) is 0 Å². The van der Waals surface area contributed by atoms with Gasteiger partial charge in [-0.1, -0.05) is 19.0 Å². The number of carboxylic acids is 1. The number of carbonyl (C=O) groups is 1. The number of hydrogen-bond donors (Lipinski definition) is 2. The third-order valence-electron chi connectivity index (χ3n) is 2.20. The lowest BCUT2D eigenvalue weighted by Gasteiger charge is -2.18. The van der Waals surface area contributed by atoms with Gasteiger partial charge in [0.2, 0.25) is 0 Å². The van der Waals surface area contributed by atoms with Gasteiger partial charge in [-0.25, -0.2) is 4.79 Å². The molecule has 0 saturated carbocycles. The number of nitrogens with zero attached hydrogens (tertiary/aromatic N) is 1. The number of carboxylic acid groups (broad SMARTS) is 1. The monoisotopic (exact) mass is 237 g/mol. The molecule has 1 aromatic carbocycles. The van der Waals surface area contributed by atoms with E-state index in [0.717, 1.165) is 0 Å². The molecule has 2 N–H and O–H groups in total. The van der Waals surface area contributed by atoms with Crippen LogP contribution in [0.5, 0.6) is 5.75 Å². The first-order valence-electron chi connectivity index (χ1n) is 5.21. The second-order valence-corrected chi connectivity index (χ2v) is 3.93. The number of oxime groups is 1. The standard InChI is InChI=1S/C12H15NO4/c1-8(2)11(12(14)15)17-10-5-3-9(4-6-10)7-13-16/h3-8,11,16H,1-2H3,(H,14,15). The maximum atomic E-state index is 10.9. The molecule has 17 heavy (non-hydrogen) atoms. The molecule has 0 radical (unpaired) electrons. The average molecular weight is 237 g/mol. The first kappa shape index (κ1) is 13.0. The molecule has 0 saturated heterocycles. The Morgan fingerprint density at radius 1 is 1.35 bits per heavy atom. The number of hydrogen-bond acceptors (Lipinski definition) is 4. The topological polar surface area (TPSA) is 79.1 Å². The molecule has 0 spiro atoms. The van der Waals surface area contributed by atoms with Gasteiger partial charge in [-0.3, -0.25) is 0 Å². The second kappa shape index (κ2) is 5.89. The van der Waals surface area contributed by atoms with E-state index in [9.17, 15) is 4.79 Å². The fourth-order valence-electron chi connectivity index (χ4n) is 1.32. The van der Waals surface area contributed by atoms with E-state index in [1.807, 2.05) is 0 Å². The minimum atomic E-state index is -0.985. The fraction of sp³-hybridized carbons (Fsp3) is 0.333. The van der Waals surface area contributed by atoms with Crippen LogP contribution in [0.1, 0.15) is 19.4 Å². The normalized spacial score (nSPS) is 12.9. The van der Waals surface area contributed by atoms with Gasteiger partial charge in [0.25, 0.3) is 0 Å². The van der Waals surface area contributed by atoms with Crippen LogP contribution < -0.4 is 4.74 Å². The Kier molecular flexibility index (Phi) is 4.51. The Morgan fingerprint density at radius 2 is 1.94 bits per heavy atom. The minimum absolute atomic E-state index is 0.119. The van der Waals surface area contributed by atoms with Crippen molar-refractivity contribution in [2.24, 2.45) is 11.1 Å². The average Bonchev–Trinajstić information content (AvgIpc) is 2.27. The lowest BCUT2D eigenvalue weighted by atomic mass is 10.1. The number of ether oxygens (including phenoxy) is 1. The van der Waals surface area contributed by atoms with Crippen molar-refractivity contribution in [2.75, 3.05) is 0 Å². The summed E-state index contributed by atoms with van der Waals surface area (Å²) >= 11 is 0. The van der Waals surface area contributed by atoms with Gasteiger partial charge in [0.05, 0.1) is 6.21 Å². The minimum Gasteiger partial charge on any atom is -0.478 e. The van der Waals surface area contributed by atoms with Crippen molar-refractivity contribution in [1.82, 2.24) is 0 Å². The molecule has 1 atom stereocenters. The van der Waals surface area contributed by atoms with Crippen molar-refractivity contribution in [3.8, 4) is 5.75 Å². The zero-order chi connectivity index (χ0) is 12.8. The van der Waals surface area contributed by atoms with Gasteiger partial charge in [0.15, 0.2) is 6.10 Å². The maximum absolute atomic E-state index is 10.9. The Labute approximate surface area is 99.3 Å². The highest BCUT2D eigenvalue weighted by Gasteiger charge is 2.23. The van der Waals surface area contributed by atoms with Crippen LogP contribution in [-0.4, -0.2) is 28.6 Å². The molecule has 0 amide bonds. The molecule has 0 aliphatic carbocycles. The smallest absolute Gasteiger partial charge is 0.345 e. The second-order valence-electron chi connectivity index (χ2n) is 3.93. The largest absolute Gasteiger partial charge is 0.478 e. The van der Waals surface area contributed by atoms with Gasteiger partial charge in [-0.05, 0) is 29.8 Å². The quantitative estimate of drug-likeness (QED) is 0.466. The Morgan fingerprint density at radius 3 is 2.35 bits per heavy atom. The van der Waals surface area contributed by atoms with E-state index >= 15 is 0 Å². The predicted molar refractivity (Wildman–Crippen MR) is 62.7 cm³/mol. The molecule has 92 valence electrons. The number of rotatable bonds is 5. The van der Waals surface area contributed by atoms with E-state index in [1.165, 1.54) is 6.21 Å². The Hall–Kier alpha value is -2.04. The Balaban J connectivity index is 2.77. The van der Waals surface area contributed by atoms with Gasteiger partial charge in [-0.15, -0.1) is 0 Å². The summed E-state index contributed by atoms with van der Waals surface area (Å²) in [7, 11) is 0. The molecular weight excluding hydrogens is 222 g/mol. The van der Waals surface area contributed by atoms with E-state index in [1.54, 1.807) is 38.1 Å². The summed E-state index contributed by atoms with van der Waals surface area (Å²) < 4.78 is 5.36. The summed E-state index contributed by atoms with van der Waals surface area (Å²) in [6, 6.07) is 6.62. The summed E-state index contributed by atoms with van der Waals surface area (Å²) in [5.74, 6) is -0.631. The van der Waals surface area contributed by atoms with Crippen LogP contribution in [0, 0.1) is 5.92 Å². The van der Waals surface area contributed by atoms with Gasteiger partial charge in [0, 0.05) is 5.92 Å². The van der Waals surface area contributed by atoms with Crippen LogP contribution in [0.2, 0.25) is 0 Å². The van der Waals surface area contributed by atoms with Crippen LogP contribution in [0.4, 0.5) is 0 Å². The summed E-state index contributed by atoms with van der Waals surface area (Å²) in [5, 5.41) is 20.2. The molecule has 1 unspecified atom stereocenters. The van der Waals surface area contributed by atoms with E-state index in [2.05, 4.69) is 5.16 Å². The highest BCUT2D eigenvalue weighted by Crippen LogP contribution is 2.16. The third-order valence-corrected chi connectivity index (χ3v) is 2.20. The maximum Gasteiger partial charge on any atom is 0.345 e. The predicted octanol–water partition coefficient (Wildman–Crippen LogP) is 1.98. The molecule has 0 fully saturated rings. The van der Waals surface area contributed by atoms with Crippen molar-refractivity contribution in [1.29, 1.82) is 0 Å². The first-order chi connectivity index (χ1) is 8.04. The van der Waals surface area contributed by atoms with Gasteiger partial charge in [0.1, 0.15) is 5.75 Å². The van der Waals surface area contributed by atoms with Crippen LogP contribution in [0.15, 0.2) is 29.4 Å². The first-order valence-corrected chi connectivity index (χ1v) is 5.21. The van der Waals surface area contributed by atoms with Crippen molar-refractivity contribution in [2.45, 2.75) is 20.0 Å². The van der Waals surface area contributed by atoms with Gasteiger partial charge >= 0.3 is 5.97 Å². The fourth-order valence-corrected chi connectivity index (χ4v) is 1.32. The van der Waals surface area contributed by atoms with Crippen molar-refractivity contribution in [3.63, 3.8) is 0 Å². The van der Waals surface area contributed by atoms with Crippen molar-refractivity contribution in [3.05, 3.63) is 29.8 Å². The van der Waals surface area contributed by atoms with E-state index in [4.69, 9.17) is 15.1 Å². The molecule has 1 rings (SSSR count). The molecule has 5 nitrogen and oxygen atoms in total. The molecule has 0 heterocycles.